The molecule has 0 radical (unpaired) electrons. The molecular formula is C11H16N2O5S. The topological polar surface area (TPSA) is 105 Å². The van der Waals surface area contributed by atoms with Gasteiger partial charge in [-0.15, -0.1) is 0 Å². The molecule has 0 saturated heterocycles. The summed E-state index contributed by atoms with van der Waals surface area (Å²) in [5.41, 5.74) is 0.00548. The van der Waals surface area contributed by atoms with Crippen molar-refractivity contribution in [3.05, 3.63) is 24.0 Å². The second kappa shape index (κ2) is 5.87. The molecule has 0 saturated carbocycles. The largest absolute Gasteiger partial charge is 0.477 e. The second-order valence-corrected chi connectivity index (χ2v) is 6.57. The van der Waals surface area contributed by atoms with E-state index in [0.29, 0.717) is 0 Å². The average molecular weight is 288 g/mol. The lowest BCUT2D eigenvalue weighted by Crippen LogP contribution is -2.39. The highest BCUT2D eigenvalue weighted by Crippen LogP contribution is 2.02. The molecule has 7 nitrogen and oxygen atoms in total. The van der Waals surface area contributed by atoms with Gasteiger partial charge in [-0.25, -0.2) is 13.2 Å². The molecule has 1 heterocycles. The van der Waals surface area contributed by atoms with Gasteiger partial charge in [0.05, 0.1) is 5.75 Å². The first-order valence-electron chi connectivity index (χ1n) is 5.54. The van der Waals surface area contributed by atoms with Crippen LogP contribution < -0.4 is 5.32 Å². The van der Waals surface area contributed by atoms with Gasteiger partial charge in [0.2, 0.25) is 5.91 Å². The summed E-state index contributed by atoms with van der Waals surface area (Å²) in [5, 5.41) is 11.4. The number of carboxylic acid groups (broad SMARTS) is 1. The molecule has 1 rings (SSSR count). The van der Waals surface area contributed by atoms with Gasteiger partial charge in [0.15, 0.2) is 0 Å². The fourth-order valence-corrected chi connectivity index (χ4v) is 2.71. The molecule has 0 spiro atoms. The van der Waals surface area contributed by atoms with E-state index in [1.165, 1.54) is 22.9 Å². The summed E-state index contributed by atoms with van der Waals surface area (Å²) < 4.78 is 23.4. The molecule has 0 aliphatic carbocycles. The summed E-state index contributed by atoms with van der Waals surface area (Å²) in [6.45, 7) is 1.41. The van der Waals surface area contributed by atoms with Crippen molar-refractivity contribution < 1.29 is 23.1 Å². The summed E-state index contributed by atoms with van der Waals surface area (Å²) in [4.78, 5) is 22.5. The van der Waals surface area contributed by atoms with E-state index in [1.54, 1.807) is 6.92 Å². The van der Waals surface area contributed by atoms with Gasteiger partial charge in [0, 0.05) is 18.5 Å². The number of aromatic nitrogens is 1. The molecule has 0 aliphatic heterocycles. The number of sulfone groups is 1. The number of hydrogen-bond acceptors (Lipinski definition) is 4. The Morgan fingerprint density at radius 2 is 2.11 bits per heavy atom. The minimum Gasteiger partial charge on any atom is -0.477 e. The Bertz CT molecular complexity index is 576. The van der Waals surface area contributed by atoms with Crippen LogP contribution in [0.1, 0.15) is 17.4 Å². The van der Waals surface area contributed by atoms with Gasteiger partial charge in [0.25, 0.3) is 0 Å². The van der Waals surface area contributed by atoms with Crippen molar-refractivity contribution in [3.63, 3.8) is 0 Å². The molecule has 1 aromatic heterocycles. The van der Waals surface area contributed by atoms with Gasteiger partial charge in [-0.1, -0.05) is 0 Å². The van der Waals surface area contributed by atoms with Crippen molar-refractivity contribution in [2.24, 2.45) is 0 Å². The Morgan fingerprint density at radius 3 is 2.63 bits per heavy atom. The van der Waals surface area contributed by atoms with Crippen LogP contribution >= 0.6 is 0 Å². The molecule has 106 valence electrons. The lowest BCUT2D eigenvalue weighted by Gasteiger charge is -2.13. The maximum atomic E-state index is 11.7. The molecule has 0 fully saturated rings. The van der Waals surface area contributed by atoms with Gasteiger partial charge in [-0.05, 0) is 19.1 Å². The van der Waals surface area contributed by atoms with Crippen molar-refractivity contribution in [2.45, 2.75) is 19.5 Å². The van der Waals surface area contributed by atoms with Gasteiger partial charge in [0.1, 0.15) is 22.1 Å². The number of carbonyl (C=O) groups excluding carboxylic acids is 1. The molecule has 19 heavy (non-hydrogen) atoms. The summed E-state index contributed by atoms with van der Waals surface area (Å²) in [7, 11) is -3.17. The van der Waals surface area contributed by atoms with Crippen molar-refractivity contribution in [1.29, 1.82) is 0 Å². The van der Waals surface area contributed by atoms with Crippen LogP contribution in [0, 0.1) is 0 Å². The lowest BCUT2D eigenvalue weighted by molar-refractivity contribution is -0.122. The first kappa shape index (κ1) is 15.2. The van der Waals surface area contributed by atoms with Crippen LogP contribution in [0.15, 0.2) is 18.3 Å². The smallest absolute Gasteiger partial charge is 0.352 e. The van der Waals surface area contributed by atoms with Crippen LogP contribution in [0.25, 0.3) is 0 Å². The van der Waals surface area contributed by atoms with E-state index in [0.717, 1.165) is 6.26 Å². The zero-order valence-corrected chi connectivity index (χ0v) is 11.5. The van der Waals surface area contributed by atoms with Crippen molar-refractivity contribution >= 4 is 21.7 Å². The van der Waals surface area contributed by atoms with Crippen LogP contribution in [0.2, 0.25) is 0 Å². The quantitative estimate of drug-likeness (QED) is 0.750. The van der Waals surface area contributed by atoms with Gasteiger partial charge < -0.3 is 15.0 Å². The maximum absolute atomic E-state index is 11.7. The third-order valence-corrected chi connectivity index (χ3v) is 3.43. The predicted octanol–water partition coefficient (Wildman–Crippen LogP) is -0.264. The van der Waals surface area contributed by atoms with Crippen molar-refractivity contribution in [3.8, 4) is 0 Å². The first-order valence-corrected chi connectivity index (χ1v) is 7.60. The van der Waals surface area contributed by atoms with Gasteiger partial charge in [-0.2, -0.15) is 0 Å². The predicted molar refractivity (Wildman–Crippen MR) is 68.7 cm³/mol. The normalized spacial score (nSPS) is 12.9. The number of hydrogen-bond donors (Lipinski definition) is 2. The Morgan fingerprint density at radius 1 is 1.47 bits per heavy atom. The molecule has 0 bridgehead atoms. The Kier molecular flexibility index (Phi) is 4.71. The molecule has 2 N–H and O–H groups in total. The van der Waals surface area contributed by atoms with Gasteiger partial charge in [-0.3, -0.25) is 4.79 Å². The average Bonchev–Trinajstić information content (AvgIpc) is 2.61. The Balaban J connectivity index is 2.61. The molecule has 1 amide bonds. The summed E-state index contributed by atoms with van der Waals surface area (Å²) >= 11 is 0. The highest BCUT2D eigenvalue weighted by Gasteiger charge is 2.15. The number of nitrogens with zero attached hydrogens (tertiary/aromatic N) is 1. The zero-order valence-electron chi connectivity index (χ0n) is 10.7. The minimum absolute atomic E-state index is 0.00548. The number of carbonyl (C=O) groups is 2. The summed E-state index contributed by atoms with van der Waals surface area (Å²) in [6, 6.07) is 2.39. The number of amides is 1. The molecule has 0 aromatic carbocycles. The fourth-order valence-electron chi connectivity index (χ4n) is 1.72. The number of carboxylic acids is 1. The van der Waals surface area contributed by atoms with Crippen LogP contribution in [-0.4, -0.2) is 48.0 Å². The van der Waals surface area contributed by atoms with E-state index in [1.807, 2.05) is 0 Å². The number of rotatable bonds is 6. The van der Waals surface area contributed by atoms with Crippen LogP contribution in [0.5, 0.6) is 0 Å². The van der Waals surface area contributed by atoms with E-state index in [4.69, 9.17) is 5.11 Å². The van der Waals surface area contributed by atoms with E-state index in [-0.39, 0.29) is 18.0 Å². The SMILES string of the molecule is CC(CS(C)(=O)=O)NC(=O)Cn1cccc1C(=O)O. The number of nitrogens with one attached hydrogen (secondary N) is 1. The monoisotopic (exact) mass is 288 g/mol. The van der Waals surface area contributed by atoms with Crippen molar-refractivity contribution in [2.75, 3.05) is 12.0 Å². The highest BCUT2D eigenvalue weighted by atomic mass is 32.2. The molecule has 1 unspecified atom stereocenters. The maximum Gasteiger partial charge on any atom is 0.352 e. The van der Waals surface area contributed by atoms with E-state index in [9.17, 15) is 18.0 Å². The van der Waals surface area contributed by atoms with Crippen LogP contribution in [0.3, 0.4) is 0 Å². The summed E-state index contributed by atoms with van der Waals surface area (Å²) in [5.74, 6) is -1.72. The molecule has 8 heteroatoms. The third-order valence-electron chi connectivity index (χ3n) is 2.32. The molecule has 1 aromatic rings. The molecular weight excluding hydrogens is 272 g/mol. The molecule has 0 aliphatic rings. The van der Waals surface area contributed by atoms with Gasteiger partial charge >= 0.3 is 5.97 Å². The van der Waals surface area contributed by atoms with E-state index in [2.05, 4.69) is 5.32 Å². The third kappa shape index (κ3) is 5.12. The first-order chi connectivity index (χ1) is 8.69. The minimum atomic E-state index is -3.17. The highest BCUT2D eigenvalue weighted by molar-refractivity contribution is 7.90. The van der Waals surface area contributed by atoms with Crippen LogP contribution in [-0.2, 0) is 21.2 Å². The Labute approximate surface area is 111 Å². The fraction of sp³-hybridized carbons (Fsp3) is 0.455. The van der Waals surface area contributed by atoms with E-state index >= 15 is 0 Å². The lowest BCUT2D eigenvalue weighted by atomic mass is 10.3. The molecule has 1 atom stereocenters. The van der Waals surface area contributed by atoms with E-state index < -0.39 is 27.8 Å². The summed E-state index contributed by atoms with van der Waals surface area (Å²) in [6.07, 6.45) is 2.56. The van der Waals surface area contributed by atoms with Crippen LogP contribution in [0.4, 0.5) is 0 Å². The number of aromatic carboxylic acids is 1. The van der Waals surface area contributed by atoms with Crippen molar-refractivity contribution in [1.82, 2.24) is 9.88 Å². The standard InChI is InChI=1S/C11H16N2O5S/c1-8(7-19(2,17)18)12-10(14)6-13-5-3-4-9(13)11(15)16/h3-5,8H,6-7H2,1-2H3,(H,12,14)(H,15,16). The Hall–Kier alpha value is -1.83. The second-order valence-electron chi connectivity index (χ2n) is 4.39. The zero-order chi connectivity index (χ0) is 14.6.